The van der Waals surface area contributed by atoms with E-state index in [0.29, 0.717) is 0 Å². The van der Waals surface area contributed by atoms with Crippen LogP contribution in [0.25, 0.3) is 6.08 Å². The fraction of sp³-hybridized carbons (Fsp3) is 0.273. The number of rotatable bonds is 1. The van der Waals surface area contributed by atoms with Gasteiger partial charge in [0, 0.05) is 0 Å². The molecule has 0 heterocycles. The maximum Gasteiger partial charge on any atom is -0.0260 e. The van der Waals surface area contributed by atoms with Gasteiger partial charge in [0.15, 0.2) is 0 Å². The Morgan fingerprint density at radius 2 is 1.91 bits per heavy atom. The zero-order valence-electron chi connectivity index (χ0n) is 7.59. The van der Waals surface area contributed by atoms with Crippen molar-refractivity contribution in [1.29, 1.82) is 0 Å². The second kappa shape index (κ2) is 5.72. The van der Waals surface area contributed by atoms with E-state index in [0.717, 1.165) is 0 Å². The Morgan fingerprint density at radius 1 is 1.27 bits per heavy atom. The molecule has 0 unspecified atom stereocenters. The molecule has 60 valence electrons. The maximum atomic E-state index is 3.67. The third-order valence-corrected chi connectivity index (χ3v) is 1.28. The van der Waals surface area contributed by atoms with E-state index in [1.54, 1.807) is 0 Å². The zero-order valence-corrected chi connectivity index (χ0v) is 7.59. The molecule has 1 rings (SSSR count). The average molecular weight is 148 g/mol. The summed E-state index contributed by atoms with van der Waals surface area (Å²) in [5, 5.41) is 0. The molecule has 0 aliphatic carbocycles. The molecular formula is C11H16. The van der Waals surface area contributed by atoms with Gasteiger partial charge in [-0.15, -0.1) is 0 Å². The maximum absolute atomic E-state index is 3.67. The molecular weight excluding hydrogens is 132 g/mol. The van der Waals surface area contributed by atoms with Crippen molar-refractivity contribution in [1.82, 2.24) is 0 Å². The predicted molar refractivity (Wildman–Crippen MR) is 52.6 cm³/mol. The Balaban J connectivity index is 0.000000461. The van der Waals surface area contributed by atoms with Gasteiger partial charge in [0.2, 0.25) is 0 Å². The number of benzene rings is 1. The number of aryl methyl sites for hydroxylation is 1. The molecule has 0 bridgehead atoms. The summed E-state index contributed by atoms with van der Waals surface area (Å²) in [7, 11) is 0. The van der Waals surface area contributed by atoms with E-state index in [4.69, 9.17) is 0 Å². The second-order valence-corrected chi connectivity index (χ2v) is 2.12. The minimum absolute atomic E-state index is 1.19. The molecule has 0 aliphatic rings. The van der Waals surface area contributed by atoms with Gasteiger partial charge < -0.3 is 0 Å². The standard InChI is InChI=1S/C9H10.C2H6/c1-3-9-6-4-5-8(2)7-9;1-2/h3-7H,1H2,2H3;1-2H3. The lowest BCUT2D eigenvalue weighted by molar-refractivity contribution is 1.46. The first kappa shape index (κ1) is 9.96. The highest BCUT2D eigenvalue weighted by Crippen LogP contribution is 2.03. The van der Waals surface area contributed by atoms with Crippen LogP contribution < -0.4 is 0 Å². The van der Waals surface area contributed by atoms with E-state index in [1.165, 1.54) is 11.1 Å². The summed E-state index contributed by atoms with van der Waals surface area (Å²) in [6.45, 7) is 9.75. The van der Waals surface area contributed by atoms with Crippen LogP contribution in [0.3, 0.4) is 0 Å². The van der Waals surface area contributed by atoms with Gasteiger partial charge in [-0.2, -0.15) is 0 Å². The smallest absolute Gasteiger partial charge is 0.0260 e. The van der Waals surface area contributed by atoms with Crippen LogP contribution in [0.2, 0.25) is 0 Å². The van der Waals surface area contributed by atoms with Crippen LogP contribution in [0, 0.1) is 6.92 Å². The van der Waals surface area contributed by atoms with Gasteiger partial charge in [-0.1, -0.05) is 56.3 Å². The Labute approximate surface area is 69.6 Å². The minimum atomic E-state index is 1.19. The molecule has 0 nitrogen and oxygen atoms in total. The number of hydrogen-bond donors (Lipinski definition) is 0. The van der Waals surface area contributed by atoms with E-state index >= 15 is 0 Å². The molecule has 0 spiro atoms. The average Bonchev–Trinajstić information content (AvgIpc) is 2.08. The summed E-state index contributed by atoms with van der Waals surface area (Å²) in [5.74, 6) is 0. The largest absolute Gasteiger partial charge is 0.0985 e. The van der Waals surface area contributed by atoms with E-state index in [2.05, 4.69) is 25.6 Å². The van der Waals surface area contributed by atoms with E-state index in [9.17, 15) is 0 Å². The topological polar surface area (TPSA) is 0 Å². The van der Waals surface area contributed by atoms with Crippen LogP contribution in [-0.2, 0) is 0 Å². The van der Waals surface area contributed by atoms with Gasteiger partial charge in [0.1, 0.15) is 0 Å². The first-order chi connectivity index (χ1) is 5.33. The molecule has 1 aromatic rings. The van der Waals surface area contributed by atoms with Crippen LogP contribution >= 0.6 is 0 Å². The molecule has 0 saturated carbocycles. The van der Waals surface area contributed by atoms with Crippen molar-refractivity contribution in [3.05, 3.63) is 42.0 Å². The normalized spacial score (nSPS) is 7.91. The second-order valence-electron chi connectivity index (χ2n) is 2.12. The molecule has 0 N–H and O–H groups in total. The van der Waals surface area contributed by atoms with Crippen molar-refractivity contribution in [2.24, 2.45) is 0 Å². The molecule has 0 atom stereocenters. The third kappa shape index (κ3) is 3.61. The summed E-state index contributed by atoms with van der Waals surface area (Å²) in [6, 6.07) is 8.26. The molecule has 1 aromatic carbocycles. The van der Waals surface area contributed by atoms with Crippen LogP contribution in [-0.4, -0.2) is 0 Å². The molecule has 0 fully saturated rings. The summed E-state index contributed by atoms with van der Waals surface area (Å²) < 4.78 is 0. The third-order valence-electron chi connectivity index (χ3n) is 1.28. The molecule has 0 aromatic heterocycles. The van der Waals surface area contributed by atoms with Crippen molar-refractivity contribution in [2.45, 2.75) is 20.8 Å². The zero-order chi connectivity index (χ0) is 8.69. The lowest BCUT2D eigenvalue weighted by Crippen LogP contribution is -1.72. The summed E-state index contributed by atoms with van der Waals surface area (Å²) in [6.07, 6.45) is 1.85. The van der Waals surface area contributed by atoms with E-state index in [1.807, 2.05) is 32.1 Å². The summed E-state index contributed by atoms with van der Waals surface area (Å²) >= 11 is 0. The highest BCUT2D eigenvalue weighted by Gasteiger charge is 1.83. The van der Waals surface area contributed by atoms with Gasteiger partial charge in [-0.05, 0) is 12.5 Å². The summed E-state index contributed by atoms with van der Waals surface area (Å²) in [5.41, 5.74) is 2.47. The molecule has 0 amide bonds. The SMILES string of the molecule is C=Cc1cccc(C)c1.CC. The Hall–Kier alpha value is -1.04. The lowest BCUT2D eigenvalue weighted by Gasteiger charge is -1.92. The van der Waals surface area contributed by atoms with Crippen molar-refractivity contribution < 1.29 is 0 Å². The van der Waals surface area contributed by atoms with Gasteiger partial charge >= 0.3 is 0 Å². The van der Waals surface area contributed by atoms with Crippen LogP contribution in [0.4, 0.5) is 0 Å². The Kier molecular flexibility index (Phi) is 5.18. The van der Waals surface area contributed by atoms with Crippen molar-refractivity contribution in [2.75, 3.05) is 0 Å². The van der Waals surface area contributed by atoms with Crippen molar-refractivity contribution >= 4 is 6.08 Å². The first-order valence-corrected chi connectivity index (χ1v) is 4.02. The Morgan fingerprint density at radius 3 is 2.27 bits per heavy atom. The van der Waals surface area contributed by atoms with Crippen LogP contribution in [0.1, 0.15) is 25.0 Å². The van der Waals surface area contributed by atoms with E-state index < -0.39 is 0 Å². The summed E-state index contributed by atoms with van der Waals surface area (Å²) in [4.78, 5) is 0. The fourth-order valence-electron chi connectivity index (χ4n) is 0.797. The molecule has 11 heavy (non-hydrogen) atoms. The highest BCUT2D eigenvalue weighted by atomic mass is 13.9. The molecule has 0 heteroatoms. The van der Waals surface area contributed by atoms with E-state index in [-0.39, 0.29) is 0 Å². The predicted octanol–water partition coefficient (Wildman–Crippen LogP) is 3.66. The van der Waals surface area contributed by atoms with Gasteiger partial charge in [-0.25, -0.2) is 0 Å². The molecule has 0 saturated heterocycles. The fourth-order valence-corrected chi connectivity index (χ4v) is 0.797. The Bertz CT molecular complexity index is 211. The molecule has 0 aliphatic heterocycles. The van der Waals surface area contributed by atoms with Crippen LogP contribution in [0.15, 0.2) is 30.8 Å². The van der Waals surface area contributed by atoms with Crippen molar-refractivity contribution in [3.8, 4) is 0 Å². The van der Waals surface area contributed by atoms with Gasteiger partial charge in [-0.3, -0.25) is 0 Å². The quantitative estimate of drug-likeness (QED) is 0.570. The monoisotopic (exact) mass is 148 g/mol. The lowest BCUT2D eigenvalue weighted by atomic mass is 10.1. The molecule has 0 radical (unpaired) electrons. The first-order valence-electron chi connectivity index (χ1n) is 4.02. The highest BCUT2D eigenvalue weighted by molar-refractivity contribution is 5.47. The number of hydrogen-bond acceptors (Lipinski definition) is 0. The van der Waals surface area contributed by atoms with Gasteiger partial charge in [0.05, 0.1) is 0 Å². The van der Waals surface area contributed by atoms with Crippen LogP contribution in [0.5, 0.6) is 0 Å². The minimum Gasteiger partial charge on any atom is -0.0985 e. The van der Waals surface area contributed by atoms with Crippen molar-refractivity contribution in [3.63, 3.8) is 0 Å². The van der Waals surface area contributed by atoms with Gasteiger partial charge in [0.25, 0.3) is 0 Å².